The fourth-order valence-electron chi connectivity index (χ4n) is 8.22. The molecule has 0 bridgehead atoms. The van der Waals surface area contributed by atoms with E-state index in [2.05, 4.69) is 19.8 Å². The Hall–Kier alpha value is -0.530. The summed E-state index contributed by atoms with van der Waals surface area (Å²) >= 11 is 0. The summed E-state index contributed by atoms with van der Waals surface area (Å²) < 4.78 is 25.4. The second-order valence-corrected chi connectivity index (χ2v) is 12.5. The van der Waals surface area contributed by atoms with Gasteiger partial charge in [-0.15, -0.1) is 6.42 Å². The number of terminal acetylenes is 1. The molecule has 0 amide bonds. The number of rotatable bonds is 1. The predicted molar refractivity (Wildman–Crippen MR) is 104 cm³/mol. The lowest BCUT2D eigenvalue weighted by molar-refractivity contribution is -0.133. The van der Waals surface area contributed by atoms with Gasteiger partial charge in [0, 0.05) is 11.7 Å². The monoisotopic (exact) mass is 378 g/mol. The number of sulfone groups is 1. The van der Waals surface area contributed by atoms with Crippen molar-refractivity contribution < 1.29 is 13.5 Å². The minimum absolute atomic E-state index is 0.104. The molecule has 4 unspecified atom stereocenters. The maximum atomic E-state index is 12.7. The maximum Gasteiger partial charge on any atom is 0.150 e. The number of hydrogen-bond acceptors (Lipinski definition) is 3. The van der Waals surface area contributed by atoms with Crippen molar-refractivity contribution in [3.63, 3.8) is 0 Å². The molecule has 0 spiro atoms. The lowest BCUT2D eigenvalue weighted by atomic mass is 9.44. The van der Waals surface area contributed by atoms with Crippen molar-refractivity contribution in [3.8, 4) is 12.3 Å². The third kappa shape index (κ3) is 2.26. The summed E-state index contributed by atoms with van der Waals surface area (Å²) in [5.74, 6) is 4.67. The molecule has 8 atom stereocenters. The Morgan fingerprint density at radius 2 is 1.69 bits per heavy atom. The van der Waals surface area contributed by atoms with Gasteiger partial charge >= 0.3 is 0 Å². The molecule has 0 heterocycles. The second kappa shape index (κ2) is 5.74. The molecule has 4 heteroatoms. The normalized spacial score (nSPS) is 53.9. The SMILES string of the molecule is C#C[C@@]1(O)CCC2C3CC[C@H]4CCCC(S(C)(=O)=O)[C@]4(C)C3CC[C@@]21C. The summed E-state index contributed by atoms with van der Waals surface area (Å²) in [4.78, 5) is 0. The van der Waals surface area contributed by atoms with Gasteiger partial charge in [-0.2, -0.15) is 0 Å². The zero-order valence-corrected chi connectivity index (χ0v) is 17.3. The molecule has 4 saturated carbocycles. The van der Waals surface area contributed by atoms with Crippen LogP contribution in [0.4, 0.5) is 0 Å². The van der Waals surface area contributed by atoms with Crippen LogP contribution in [0.15, 0.2) is 0 Å². The molecular formula is C22H34O3S. The molecule has 0 aliphatic heterocycles. The first-order valence-electron chi connectivity index (χ1n) is 10.5. The van der Waals surface area contributed by atoms with Crippen LogP contribution in [0.25, 0.3) is 0 Å². The van der Waals surface area contributed by atoms with Crippen molar-refractivity contribution in [3.05, 3.63) is 0 Å². The molecule has 0 aromatic heterocycles. The Bertz CT molecular complexity index is 737. The quantitative estimate of drug-likeness (QED) is 0.706. The van der Waals surface area contributed by atoms with E-state index in [0.29, 0.717) is 30.1 Å². The van der Waals surface area contributed by atoms with Gasteiger partial charge in [0.1, 0.15) is 5.60 Å². The van der Waals surface area contributed by atoms with Crippen molar-refractivity contribution >= 4 is 9.84 Å². The van der Waals surface area contributed by atoms with Gasteiger partial charge in [-0.1, -0.05) is 26.2 Å². The van der Waals surface area contributed by atoms with Crippen LogP contribution in [-0.2, 0) is 9.84 Å². The van der Waals surface area contributed by atoms with Crippen LogP contribution >= 0.6 is 0 Å². The largest absolute Gasteiger partial charge is 0.377 e. The summed E-state index contributed by atoms with van der Waals surface area (Å²) in [5.41, 5.74) is -1.29. The fourth-order valence-corrected chi connectivity index (χ4v) is 10.1. The molecular weight excluding hydrogens is 344 g/mol. The van der Waals surface area contributed by atoms with E-state index < -0.39 is 15.4 Å². The minimum atomic E-state index is -3.05. The molecule has 4 rings (SSSR count). The lowest BCUT2D eigenvalue weighted by Crippen LogP contribution is -2.60. The molecule has 3 nitrogen and oxygen atoms in total. The van der Waals surface area contributed by atoms with E-state index in [4.69, 9.17) is 6.42 Å². The predicted octanol–water partition coefficient (Wildman–Crippen LogP) is 3.81. The topological polar surface area (TPSA) is 54.4 Å². The van der Waals surface area contributed by atoms with Gasteiger partial charge in [0.05, 0.1) is 5.25 Å². The highest BCUT2D eigenvalue weighted by Gasteiger charge is 2.66. The van der Waals surface area contributed by atoms with Gasteiger partial charge < -0.3 is 5.11 Å². The third-order valence-corrected chi connectivity index (χ3v) is 11.4. The minimum Gasteiger partial charge on any atom is -0.377 e. The molecule has 0 aromatic carbocycles. The molecule has 0 radical (unpaired) electrons. The molecule has 4 fully saturated rings. The zero-order valence-electron chi connectivity index (χ0n) is 16.5. The van der Waals surface area contributed by atoms with Crippen molar-refractivity contribution in [1.29, 1.82) is 0 Å². The van der Waals surface area contributed by atoms with Crippen LogP contribution in [0.1, 0.15) is 71.6 Å². The average molecular weight is 379 g/mol. The fraction of sp³-hybridized carbons (Fsp3) is 0.909. The summed E-state index contributed by atoms with van der Waals surface area (Å²) in [7, 11) is -3.05. The van der Waals surface area contributed by atoms with E-state index in [1.807, 2.05) is 0 Å². The highest BCUT2D eigenvalue weighted by molar-refractivity contribution is 7.91. The van der Waals surface area contributed by atoms with Crippen molar-refractivity contribution in [2.75, 3.05) is 6.26 Å². The molecule has 26 heavy (non-hydrogen) atoms. The Labute approximate surface area is 159 Å². The van der Waals surface area contributed by atoms with Crippen LogP contribution in [0.5, 0.6) is 0 Å². The Morgan fingerprint density at radius 1 is 1.00 bits per heavy atom. The van der Waals surface area contributed by atoms with Crippen LogP contribution in [0.3, 0.4) is 0 Å². The summed E-state index contributed by atoms with van der Waals surface area (Å²) in [6.45, 7) is 4.49. The highest BCUT2D eigenvalue weighted by Crippen LogP contribution is 2.68. The summed E-state index contributed by atoms with van der Waals surface area (Å²) in [6.07, 6.45) is 16.2. The van der Waals surface area contributed by atoms with Gasteiger partial charge in [0.25, 0.3) is 0 Å². The Kier molecular flexibility index (Phi) is 4.15. The molecule has 0 saturated heterocycles. The van der Waals surface area contributed by atoms with E-state index in [1.165, 1.54) is 19.1 Å². The first-order valence-corrected chi connectivity index (χ1v) is 12.4. The van der Waals surface area contributed by atoms with Gasteiger partial charge in [0.15, 0.2) is 9.84 Å². The molecule has 4 aliphatic rings. The lowest BCUT2D eigenvalue weighted by Gasteiger charge is -2.62. The summed E-state index contributed by atoms with van der Waals surface area (Å²) in [6, 6.07) is 0. The molecule has 146 valence electrons. The van der Waals surface area contributed by atoms with Gasteiger partial charge in [0.2, 0.25) is 0 Å². The first-order chi connectivity index (χ1) is 12.1. The van der Waals surface area contributed by atoms with Crippen LogP contribution in [0, 0.1) is 46.8 Å². The molecule has 1 N–H and O–H groups in total. The second-order valence-electron chi connectivity index (χ2n) is 10.3. The smallest absolute Gasteiger partial charge is 0.150 e. The average Bonchev–Trinajstić information content (AvgIpc) is 2.85. The van der Waals surface area contributed by atoms with Crippen LogP contribution in [-0.4, -0.2) is 30.6 Å². The third-order valence-electron chi connectivity index (χ3n) is 9.58. The zero-order chi connectivity index (χ0) is 19.0. The van der Waals surface area contributed by atoms with E-state index in [9.17, 15) is 13.5 Å². The van der Waals surface area contributed by atoms with E-state index in [1.54, 1.807) is 0 Å². The van der Waals surface area contributed by atoms with Crippen molar-refractivity contribution in [1.82, 2.24) is 0 Å². The standard InChI is InChI=1S/C22H34O3S/c1-5-22(23)14-12-17-16-10-9-15-7-6-8-19(26(4,24)25)21(15,3)18(16)11-13-20(17,22)2/h1,15-19,23H,6-14H2,2-4H3/t15-,16?,17?,18?,19?,20+,21+,22-/m1/s1. The highest BCUT2D eigenvalue weighted by atomic mass is 32.2. The van der Waals surface area contributed by atoms with Gasteiger partial charge in [-0.05, 0) is 80.5 Å². The van der Waals surface area contributed by atoms with Crippen LogP contribution in [0.2, 0.25) is 0 Å². The first kappa shape index (κ1) is 18.8. The van der Waals surface area contributed by atoms with Crippen molar-refractivity contribution in [2.24, 2.45) is 34.5 Å². The number of hydrogen-bond donors (Lipinski definition) is 1. The van der Waals surface area contributed by atoms with Crippen molar-refractivity contribution in [2.45, 2.75) is 82.5 Å². The van der Waals surface area contributed by atoms with E-state index in [0.717, 1.165) is 38.5 Å². The molecule has 0 aromatic rings. The number of fused-ring (bicyclic) bond motifs is 5. The number of aliphatic hydroxyl groups is 1. The Balaban J connectivity index is 1.74. The van der Waals surface area contributed by atoms with Gasteiger partial charge in [-0.25, -0.2) is 8.42 Å². The van der Waals surface area contributed by atoms with Gasteiger partial charge in [-0.3, -0.25) is 0 Å². The van der Waals surface area contributed by atoms with E-state index in [-0.39, 0.29) is 16.1 Å². The maximum absolute atomic E-state index is 12.7. The summed E-state index contributed by atoms with van der Waals surface area (Å²) in [5, 5.41) is 10.9. The Morgan fingerprint density at radius 3 is 2.35 bits per heavy atom. The molecule has 4 aliphatic carbocycles. The van der Waals surface area contributed by atoms with Crippen LogP contribution < -0.4 is 0 Å². The van der Waals surface area contributed by atoms with E-state index >= 15 is 0 Å².